The summed E-state index contributed by atoms with van der Waals surface area (Å²) in [6.07, 6.45) is 2.56. The molecule has 4 rings (SSSR count). The van der Waals surface area contributed by atoms with Crippen molar-refractivity contribution < 1.29 is 4.79 Å². The molecule has 1 atom stereocenters. The zero-order valence-electron chi connectivity index (χ0n) is 14.8. The number of carbonyl (C=O) groups is 1. The fourth-order valence-corrected chi connectivity index (χ4v) is 3.54. The Morgan fingerprint density at radius 2 is 2.07 bits per heavy atom. The summed E-state index contributed by atoms with van der Waals surface area (Å²) in [5.41, 5.74) is 3.47. The summed E-state index contributed by atoms with van der Waals surface area (Å²) in [5, 5.41) is 8.67. The van der Waals surface area contributed by atoms with E-state index >= 15 is 0 Å². The predicted octanol–water partition coefficient (Wildman–Crippen LogP) is 4.96. The number of aromatic nitrogens is 3. The van der Waals surface area contributed by atoms with Gasteiger partial charge < -0.3 is 15.6 Å². The summed E-state index contributed by atoms with van der Waals surface area (Å²) in [6.45, 7) is 2.05. The number of benzene rings is 2. The van der Waals surface area contributed by atoms with E-state index in [2.05, 4.69) is 25.6 Å². The second-order valence-corrected chi connectivity index (χ2v) is 7.02. The number of aromatic amines is 1. The van der Waals surface area contributed by atoms with Gasteiger partial charge in [0.15, 0.2) is 10.8 Å². The Morgan fingerprint density at radius 1 is 1.22 bits per heavy atom. The first-order valence-electron chi connectivity index (χ1n) is 8.75. The van der Waals surface area contributed by atoms with Gasteiger partial charge in [0.05, 0.1) is 17.1 Å². The molecule has 27 heavy (non-hydrogen) atoms. The number of anilines is 1. The molecule has 0 spiro atoms. The first kappa shape index (κ1) is 17.2. The maximum atomic E-state index is 12.4. The topological polar surface area (TPSA) is 82.7 Å². The van der Waals surface area contributed by atoms with Gasteiger partial charge in [-0.3, -0.25) is 0 Å². The third-order valence-electron chi connectivity index (χ3n) is 4.29. The molecule has 4 aromatic rings. The van der Waals surface area contributed by atoms with E-state index in [4.69, 9.17) is 0 Å². The molecule has 0 unspecified atom stereocenters. The number of thiazole rings is 1. The van der Waals surface area contributed by atoms with Gasteiger partial charge >= 0.3 is 6.03 Å². The molecule has 6 nitrogen and oxygen atoms in total. The molecule has 0 bridgehead atoms. The lowest BCUT2D eigenvalue weighted by molar-refractivity contribution is 0.248. The lowest BCUT2D eigenvalue weighted by Crippen LogP contribution is -2.32. The highest BCUT2D eigenvalue weighted by Gasteiger charge is 2.13. The highest BCUT2D eigenvalue weighted by Crippen LogP contribution is 2.24. The number of hydrogen-bond donors (Lipinski definition) is 3. The highest BCUT2D eigenvalue weighted by atomic mass is 32.1. The molecule has 2 aromatic carbocycles. The smallest absolute Gasteiger partial charge is 0.319 e. The molecule has 0 aliphatic rings. The van der Waals surface area contributed by atoms with Crippen LogP contribution < -0.4 is 10.6 Å². The zero-order valence-corrected chi connectivity index (χ0v) is 15.6. The van der Waals surface area contributed by atoms with Gasteiger partial charge in [-0.1, -0.05) is 37.3 Å². The van der Waals surface area contributed by atoms with Crippen molar-refractivity contribution in [1.29, 1.82) is 0 Å². The Morgan fingerprint density at radius 3 is 2.81 bits per heavy atom. The molecule has 0 saturated carbocycles. The van der Waals surface area contributed by atoms with Crippen LogP contribution in [-0.2, 0) is 0 Å². The maximum absolute atomic E-state index is 12.4. The van der Waals surface area contributed by atoms with Crippen LogP contribution in [0.15, 0.2) is 60.1 Å². The maximum Gasteiger partial charge on any atom is 0.319 e. The third-order valence-corrected chi connectivity index (χ3v) is 5.07. The Labute approximate surface area is 160 Å². The number of rotatable bonds is 5. The van der Waals surface area contributed by atoms with Crippen LogP contribution in [0.5, 0.6) is 0 Å². The average Bonchev–Trinajstić information content (AvgIpc) is 3.36. The number of hydrogen-bond acceptors (Lipinski definition) is 4. The third kappa shape index (κ3) is 3.83. The van der Waals surface area contributed by atoms with Crippen molar-refractivity contribution in [2.24, 2.45) is 0 Å². The fourth-order valence-electron chi connectivity index (χ4n) is 2.96. The predicted molar refractivity (Wildman–Crippen MR) is 109 cm³/mol. The molecule has 0 fully saturated rings. The van der Waals surface area contributed by atoms with Gasteiger partial charge in [-0.2, -0.15) is 0 Å². The van der Waals surface area contributed by atoms with Crippen LogP contribution in [0.25, 0.3) is 21.9 Å². The number of carbonyl (C=O) groups excluding carboxylic acids is 1. The Bertz CT molecular complexity index is 1040. The molecule has 0 radical (unpaired) electrons. The highest BCUT2D eigenvalue weighted by molar-refractivity contribution is 7.13. The van der Waals surface area contributed by atoms with Crippen LogP contribution in [0.3, 0.4) is 0 Å². The molecular formula is C20H19N5OS. The van der Waals surface area contributed by atoms with Gasteiger partial charge in [0.1, 0.15) is 0 Å². The standard InChI is InChI=1S/C20H19N5OS/c1-2-15(13-6-4-3-5-7-13)25-20(26)22-14-8-9-16-17(12-14)24-18(23-16)19-21-10-11-27-19/h3-12,15H,2H2,1H3,(H,23,24)(H2,22,25,26)/t15-/m1/s1. The van der Waals surface area contributed by atoms with Crippen molar-refractivity contribution in [2.75, 3.05) is 5.32 Å². The van der Waals surface area contributed by atoms with E-state index in [9.17, 15) is 4.79 Å². The second-order valence-electron chi connectivity index (χ2n) is 6.12. The number of fused-ring (bicyclic) bond motifs is 1. The number of amides is 2. The average molecular weight is 377 g/mol. The Hall–Kier alpha value is -3.19. The summed E-state index contributed by atoms with van der Waals surface area (Å²) in [4.78, 5) is 24.5. The fraction of sp³-hybridized carbons (Fsp3) is 0.150. The summed E-state index contributed by atoms with van der Waals surface area (Å²) in [7, 11) is 0. The number of imidazole rings is 1. The molecule has 2 amide bonds. The van der Waals surface area contributed by atoms with Crippen LogP contribution in [0, 0.1) is 0 Å². The van der Waals surface area contributed by atoms with Crippen LogP contribution in [-0.4, -0.2) is 21.0 Å². The lowest BCUT2D eigenvalue weighted by Gasteiger charge is -2.18. The summed E-state index contributed by atoms with van der Waals surface area (Å²) in [5.74, 6) is 0.733. The minimum absolute atomic E-state index is 0.0307. The number of nitrogens with one attached hydrogen (secondary N) is 3. The van der Waals surface area contributed by atoms with Gasteiger partial charge in [0.2, 0.25) is 0 Å². The number of H-pyrrole nitrogens is 1. The SMILES string of the molecule is CC[C@@H](NC(=O)Nc1ccc2[nH]c(-c3nccs3)nc2c1)c1ccccc1. The van der Waals surface area contributed by atoms with Crippen molar-refractivity contribution in [3.8, 4) is 10.8 Å². The molecular weight excluding hydrogens is 358 g/mol. The lowest BCUT2D eigenvalue weighted by atomic mass is 10.1. The molecule has 3 N–H and O–H groups in total. The van der Waals surface area contributed by atoms with Gasteiger partial charge in [-0.15, -0.1) is 11.3 Å². The summed E-state index contributed by atoms with van der Waals surface area (Å²) >= 11 is 1.53. The van der Waals surface area contributed by atoms with Crippen LogP contribution in [0.1, 0.15) is 24.9 Å². The first-order chi connectivity index (χ1) is 13.2. The minimum Gasteiger partial charge on any atom is -0.336 e. The van der Waals surface area contributed by atoms with Gasteiger partial charge in [0, 0.05) is 17.3 Å². The molecule has 0 aliphatic carbocycles. The molecule has 2 aromatic heterocycles. The summed E-state index contributed by atoms with van der Waals surface area (Å²) in [6, 6.07) is 15.3. The van der Waals surface area contributed by atoms with E-state index in [1.165, 1.54) is 11.3 Å². The largest absolute Gasteiger partial charge is 0.336 e. The van der Waals surface area contributed by atoms with Gasteiger partial charge in [-0.05, 0) is 30.2 Å². The monoisotopic (exact) mass is 377 g/mol. The van der Waals surface area contributed by atoms with E-state index in [0.717, 1.165) is 33.8 Å². The van der Waals surface area contributed by atoms with E-state index in [-0.39, 0.29) is 12.1 Å². The number of urea groups is 1. The van der Waals surface area contributed by atoms with Crippen LogP contribution >= 0.6 is 11.3 Å². The normalized spacial score (nSPS) is 12.0. The van der Waals surface area contributed by atoms with Crippen molar-refractivity contribution >= 4 is 34.1 Å². The second kappa shape index (κ2) is 7.59. The van der Waals surface area contributed by atoms with Crippen molar-refractivity contribution in [2.45, 2.75) is 19.4 Å². The van der Waals surface area contributed by atoms with E-state index in [1.807, 2.05) is 60.8 Å². The Kier molecular flexibility index (Phi) is 4.84. The Balaban J connectivity index is 1.48. The summed E-state index contributed by atoms with van der Waals surface area (Å²) < 4.78 is 0. The van der Waals surface area contributed by atoms with Crippen molar-refractivity contribution in [1.82, 2.24) is 20.3 Å². The van der Waals surface area contributed by atoms with Gasteiger partial charge in [0.25, 0.3) is 0 Å². The van der Waals surface area contributed by atoms with Crippen molar-refractivity contribution in [3.63, 3.8) is 0 Å². The molecule has 2 heterocycles. The zero-order chi connectivity index (χ0) is 18.6. The van der Waals surface area contributed by atoms with Crippen molar-refractivity contribution in [3.05, 3.63) is 65.7 Å². The van der Waals surface area contributed by atoms with E-state index < -0.39 is 0 Å². The van der Waals surface area contributed by atoms with Crippen LogP contribution in [0.4, 0.5) is 10.5 Å². The number of nitrogens with zero attached hydrogens (tertiary/aromatic N) is 2. The minimum atomic E-state index is -0.235. The first-order valence-corrected chi connectivity index (χ1v) is 9.63. The molecule has 0 aliphatic heterocycles. The van der Waals surface area contributed by atoms with Crippen LogP contribution in [0.2, 0.25) is 0 Å². The van der Waals surface area contributed by atoms with Gasteiger partial charge in [-0.25, -0.2) is 14.8 Å². The molecule has 136 valence electrons. The van der Waals surface area contributed by atoms with E-state index in [0.29, 0.717) is 5.69 Å². The molecule has 0 saturated heterocycles. The molecule has 7 heteroatoms. The van der Waals surface area contributed by atoms with E-state index in [1.54, 1.807) is 6.20 Å². The quantitative estimate of drug-likeness (QED) is 0.460.